The van der Waals surface area contributed by atoms with Crippen molar-refractivity contribution in [3.63, 3.8) is 0 Å². The van der Waals surface area contributed by atoms with E-state index in [2.05, 4.69) is 12.1 Å². The van der Waals surface area contributed by atoms with Gasteiger partial charge in [0, 0.05) is 10.6 Å². The Balaban J connectivity index is 2.04. The highest BCUT2D eigenvalue weighted by Crippen LogP contribution is 2.23. The molecule has 0 heterocycles. The Labute approximate surface area is 111 Å². The molecule has 0 fully saturated rings. The van der Waals surface area contributed by atoms with Crippen LogP contribution >= 0.6 is 11.8 Å². The van der Waals surface area contributed by atoms with Crippen molar-refractivity contribution in [2.75, 3.05) is 7.11 Å². The summed E-state index contributed by atoms with van der Waals surface area (Å²) in [5.41, 5.74) is 1.86. The van der Waals surface area contributed by atoms with Crippen LogP contribution in [0.5, 0.6) is 0 Å². The normalized spacial score (nSPS) is 10.1. The van der Waals surface area contributed by atoms with Crippen molar-refractivity contribution in [3.8, 4) is 0 Å². The fourth-order valence-electron chi connectivity index (χ4n) is 1.57. The molecular formula is C15H14O2S. The van der Waals surface area contributed by atoms with Crippen LogP contribution in [0.1, 0.15) is 15.9 Å². The zero-order valence-electron chi connectivity index (χ0n) is 10.1. The van der Waals surface area contributed by atoms with Crippen LogP contribution in [-0.4, -0.2) is 13.1 Å². The summed E-state index contributed by atoms with van der Waals surface area (Å²) >= 11 is 1.71. The molecule has 2 nitrogen and oxygen atoms in total. The first kappa shape index (κ1) is 12.7. The molecule has 2 aromatic rings. The zero-order valence-corrected chi connectivity index (χ0v) is 10.9. The molecule has 18 heavy (non-hydrogen) atoms. The van der Waals surface area contributed by atoms with Crippen LogP contribution < -0.4 is 0 Å². The second kappa shape index (κ2) is 6.26. The van der Waals surface area contributed by atoms with Gasteiger partial charge in [-0.2, -0.15) is 0 Å². The fourth-order valence-corrected chi connectivity index (χ4v) is 2.48. The smallest absolute Gasteiger partial charge is 0.337 e. The first-order chi connectivity index (χ1) is 8.79. The van der Waals surface area contributed by atoms with Gasteiger partial charge in [0.2, 0.25) is 0 Å². The van der Waals surface area contributed by atoms with Crippen molar-refractivity contribution in [2.24, 2.45) is 0 Å². The van der Waals surface area contributed by atoms with Crippen molar-refractivity contribution in [1.82, 2.24) is 0 Å². The standard InChI is InChI=1S/C15H14O2S/c1-17-15(16)13-8-5-9-14(10-13)18-11-12-6-3-2-4-7-12/h2-10H,11H2,1H3. The second-order valence-electron chi connectivity index (χ2n) is 3.79. The molecule has 3 heteroatoms. The topological polar surface area (TPSA) is 26.3 Å². The zero-order chi connectivity index (χ0) is 12.8. The van der Waals surface area contributed by atoms with E-state index in [1.807, 2.05) is 36.4 Å². The van der Waals surface area contributed by atoms with Gasteiger partial charge in [0.1, 0.15) is 0 Å². The van der Waals surface area contributed by atoms with E-state index in [-0.39, 0.29) is 5.97 Å². The highest BCUT2D eigenvalue weighted by molar-refractivity contribution is 7.98. The molecule has 92 valence electrons. The van der Waals surface area contributed by atoms with Gasteiger partial charge < -0.3 is 4.74 Å². The average Bonchev–Trinajstić information content (AvgIpc) is 2.45. The van der Waals surface area contributed by atoms with Crippen molar-refractivity contribution in [3.05, 3.63) is 65.7 Å². The number of hydrogen-bond donors (Lipinski definition) is 0. The quantitative estimate of drug-likeness (QED) is 0.617. The molecule has 2 rings (SSSR count). The minimum absolute atomic E-state index is 0.294. The number of benzene rings is 2. The van der Waals surface area contributed by atoms with Crippen molar-refractivity contribution < 1.29 is 9.53 Å². The van der Waals surface area contributed by atoms with E-state index in [0.29, 0.717) is 5.56 Å². The van der Waals surface area contributed by atoms with Crippen LogP contribution in [0.4, 0.5) is 0 Å². The SMILES string of the molecule is COC(=O)c1cccc(SCc2ccccc2)c1. The monoisotopic (exact) mass is 258 g/mol. The number of thioether (sulfide) groups is 1. The van der Waals surface area contributed by atoms with Crippen molar-refractivity contribution >= 4 is 17.7 Å². The first-order valence-electron chi connectivity index (χ1n) is 5.64. The summed E-state index contributed by atoms with van der Waals surface area (Å²) in [5, 5.41) is 0. The third-order valence-corrected chi connectivity index (χ3v) is 3.57. The molecular weight excluding hydrogens is 244 g/mol. The maximum atomic E-state index is 11.4. The van der Waals surface area contributed by atoms with Crippen LogP contribution in [0.15, 0.2) is 59.5 Å². The van der Waals surface area contributed by atoms with Crippen LogP contribution in [0.3, 0.4) is 0 Å². The molecule has 0 spiro atoms. The molecule has 0 aromatic heterocycles. The second-order valence-corrected chi connectivity index (χ2v) is 4.84. The van der Waals surface area contributed by atoms with Gasteiger partial charge in [-0.3, -0.25) is 0 Å². The van der Waals surface area contributed by atoms with E-state index in [9.17, 15) is 4.79 Å². The van der Waals surface area contributed by atoms with Gasteiger partial charge in [0.15, 0.2) is 0 Å². The molecule has 0 amide bonds. The molecule has 2 aromatic carbocycles. The fraction of sp³-hybridized carbons (Fsp3) is 0.133. The Morgan fingerprint density at radius 2 is 1.89 bits per heavy atom. The molecule has 0 N–H and O–H groups in total. The van der Waals surface area contributed by atoms with Gasteiger partial charge in [-0.25, -0.2) is 4.79 Å². The summed E-state index contributed by atoms with van der Waals surface area (Å²) in [5.74, 6) is 0.600. The highest BCUT2D eigenvalue weighted by atomic mass is 32.2. The number of esters is 1. The number of rotatable bonds is 4. The van der Waals surface area contributed by atoms with Crippen molar-refractivity contribution in [1.29, 1.82) is 0 Å². The van der Waals surface area contributed by atoms with Crippen LogP contribution in [0.2, 0.25) is 0 Å². The van der Waals surface area contributed by atoms with Gasteiger partial charge in [0.05, 0.1) is 12.7 Å². The molecule has 0 saturated carbocycles. The van der Waals surface area contributed by atoms with Gasteiger partial charge in [-0.1, -0.05) is 36.4 Å². The predicted molar refractivity (Wildman–Crippen MR) is 73.8 cm³/mol. The van der Waals surface area contributed by atoms with Crippen LogP contribution in [0.25, 0.3) is 0 Å². The molecule has 0 saturated heterocycles. The third kappa shape index (κ3) is 3.37. The molecule has 0 aliphatic carbocycles. The Kier molecular flexibility index (Phi) is 4.42. The van der Waals surface area contributed by atoms with Gasteiger partial charge in [0.25, 0.3) is 0 Å². The minimum atomic E-state index is -0.294. The van der Waals surface area contributed by atoms with Gasteiger partial charge in [-0.15, -0.1) is 11.8 Å². The lowest BCUT2D eigenvalue weighted by Gasteiger charge is -2.04. The molecule has 0 aliphatic heterocycles. The molecule has 0 atom stereocenters. The van der Waals surface area contributed by atoms with E-state index in [0.717, 1.165) is 10.6 Å². The lowest BCUT2D eigenvalue weighted by atomic mass is 10.2. The average molecular weight is 258 g/mol. The van der Waals surface area contributed by atoms with E-state index in [4.69, 9.17) is 4.74 Å². The van der Waals surface area contributed by atoms with E-state index < -0.39 is 0 Å². The first-order valence-corrected chi connectivity index (χ1v) is 6.63. The summed E-state index contributed by atoms with van der Waals surface area (Å²) in [6.07, 6.45) is 0. The molecule has 0 unspecified atom stereocenters. The van der Waals surface area contributed by atoms with E-state index in [1.165, 1.54) is 12.7 Å². The molecule has 0 bridgehead atoms. The summed E-state index contributed by atoms with van der Waals surface area (Å²) in [7, 11) is 1.39. The summed E-state index contributed by atoms with van der Waals surface area (Å²) in [6, 6.07) is 17.7. The van der Waals surface area contributed by atoms with Gasteiger partial charge in [-0.05, 0) is 23.8 Å². The highest BCUT2D eigenvalue weighted by Gasteiger charge is 2.05. The van der Waals surface area contributed by atoms with Crippen molar-refractivity contribution in [2.45, 2.75) is 10.6 Å². The van der Waals surface area contributed by atoms with E-state index >= 15 is 0 Å². The van der Waals surface area contributed by atoms with Crippen LogP contribution in [0, 0.1) is 0 Å². The lowest BCUT2D eigenvalue weighted by Crippen LogP contribution is -2.00. The summed E-state index contributed by atoms with van der Waals surface area (Å²) < 4.78 is 4.71. The summed E-state index contributed by atoms with van der Waals surface area (Å²) in [6.45, 7) is 0. The number of carbonyl (C=O) groups is 1. The lowest BCUT2D eigenvalue weighted by molar-refractivity contribution is 0.0600. The summed E-state index contributed by atoms with van der Waals surface area (Å²) in [4.78, 5) is 12.5. The molecule has 0 radical (unpaired) electrons. The number of ether oxygens (including phenoxy) is 1. The Hall–Kier alpha value is -1.74. The maximum absolute atomic E-state index is 11.4. The predicted octanol–water partition coefficient (Wildman–Crippen LogP) is 3.77. The largest absolute Gasteiger partial charge is 0.465 e. The van der Waals surface area contributed by atoms with Crippen LogP contribution in [-0.2, 0) is 10.5 Å². The Bertz CT molecular complexity index is 523. The maximum Gasteiger partial charge on any atom is 0.337 e. The Morgan fingerprint density at radius 1 is 1.11 bits per heavy atom. The number of methoxy groups -OCH3 is 1. The number of hydrogen-bond acceptors (Lipinski definition) is 3. The minimum Gasteiger partial charge on any atom is -0.465 e. The van der Waals surface area contributed by atoms with Gasteiger partial charge >= 0.3 is 5.97 Å². The third-order valence-electron chi connectivity index (χ3n) is 2.50. The number of carbonyl (C=O) groups excluding carboxylic acids is 1. The Morgan fingerprint density at radius 3 is 2.61 bits per heavy atom. The van der Waals surface area contributed by atoms with E-state index in [1.54, 1.807) is 17.8 Å². The molecule has 0 aliphatic rings.